The van der Waals surface area contributed by atoms with Crippen molar-refractivity contribution >= 4 is 11.0 Å². The summed E-state index contributed by atoms with van der Waals surface area (Å²) in [5.41, 5.74) is 8.79. The molecule has 0 saturated heterocycles. The van der Waals surface area contributed by atoms with Crippen LogP contribution in [-0.4, -0.2) is 9.97 Å². The molecule has 0 aliphatic rings. The molecule has 0 saturated carbocycles. The van der Waals surface area contributed by atoms with E-state index in [1.807, 2.05) is 18.2 Å². The maximum Gasteiger partial charge on any atom is 0.129 e. The van der Waals surface area contributed by atoms with E-state index in [9.17, 15) is 8.78 Å². The molecule has 5 heteroatoms. The first kappa shape index (κ1) is 13.6. The van der Waals surface area contributed by atoms with Gasteiger partial charge in [0.05, 0.1) is 11.0 Å². The second-order valence-corrected chi connectivity index (χ2v) is 4.82. The highest BCUT2D eigenvalue weighted by Crippen LogP contribution is 2.23. The molecule has 0 aliphatic carbocycles. The van der Waals surface area contributed by atoms with Crippen molar-refractivity contribution in [3.8, 4) is 0 Å². The summed E-state index contributed by atoms with van der Waals surface area (Å²) < 4.78 is 26.6. The van der Waals surface area contributed by atoms with Crippen molar-refractivity contribution in [3.63, 3.8) is 0 Å². The number of halogens is 2. The number of nitrogens with zero attached hydrogens (tertiary/aromatic N) is 2. The van der Waals surface area contributed by atoms with Gasteiger partial charge >= 0.3 is 0 Å². The van der Waals surface area contributed by atoms with Crippen LogP contribution in [0.15, 0.2) is 48.8 Å². The molecule has 1 heterocycles. The number of para-hydroxylation sites is 1. The minimum atomic E-state index is -0.596. The fraction of sp³-hybridized carbons (Fsp3) is 0.125. The number of hydrogen-bond acceptors (Lipinski definition) is 3. The zero-order valence-corrected chi connectivity index (χ0v) is 11.1. The first-order chi connectivity index (χ1) is 10.1. The Morgan fingerprint density at radius 3 is 2.67 bits per heavy atom. The Morgan fingerprint density at radius 2 is 1.86 bits per heavy atom. The zero-order chi connectivity index (χ0) is 14.8. The Hall–Kier alpha value is -2.40. The second kappa shape index (κ2) is 5.54. The smallest absolute Gasteiger partial charge is 0.129 e. The molecule has 2 N–H and O–H groups in total. The highest BCUT2D eigenvalue weighted by molar-refractivity contribution is 5.78. The third kappa shape index (κ3) is 2.73. The van der Waals surface area contributed by atoms with E-state index in [4.69, 9.17) is 5.73 Å². The van der Waals surface area contributed by atoms with Crippen LogP contribution in [0, 0.1) is 11.6 Å². The molecular formula is C16H13F2N3. The summed E-state index contributed by atoms with van der Waals surface area (Å²) in [5.74, 6) is -1.18. The number of nitrogens with two attached hydrogens (primary N) is 1. The second-order valence-electron chi connectivity index (χ2n) is 4.82. The molecular weight excluding hydrogens is 272 g/mol. The summed E-state index contributed by atoms with van der Waals surface area (Å²) in [7, 11) is 0. The van der Waals surface area contributed by atoms with E-state index in [0.717, 1.165) is 17.1 Å². The van der Waals surface area contributed by atoms with E-state index < -0.39 is 17.7 Å². The zero-order valence-electron chi connectivity index (χ0n) is 11.1. The molecule has 0 aliphatic heterocycles. The number of fused-ring (bicyclic) bond motifs is 1. The molecule has 3 rings (SSSR count). The van der Waals surface area contributed by atoms with E-state index in [1.54, 1.807) is 12.4 Å². The number of hydrogen-bond donors (Lipinski definition) is 1. The molecule has 106 valence electrons. The fourth-order valence-corrected chi connectivity index (χ4v) is 2.35. The topological polar surface area (TPSA) is 51.8 Å². The van der Waals surface area contributed by atoms with Gasteiger partial charge < -0.3 is 5.73 Å². The van der Waals surface area contributed by atoms with Gasteiger partial charge in [-0.05, 0) is 29.7 Å². The average molecular weight is 285 g/mol. The predicted molar refractivity (Wildman–Crippen MR) is 76.5 cm³/mol. The van der Waals surface area contributed by atoms with Gasteiger partial charge in [-0.1, -0.05) is 18.2 Å². The lowest BCUT2D eigenvalue weighted by Gasteiger charge is -2.14. The fourth-order valence-electron chi connectivity index (χ4n) is 2.35. The molecule has 0 spiro atoms. The Bertz CT molecular complexity index is 784. The molecule has 3 aromatic rings. The van der Waals surface area contributed by atoms with E-state index in [0.29, 0.717) is 11.1 Å². The Kier molecular flexibility index (Phi) is 3.58. The summed E-state index contributed by atoms with van der Waals surface area (Å²) in [6.45, 7) is 0. The highest BCUT2D eigenvalue weighted by Gasteiger charge is 2.14. The van der Waals surface area contributed by atoms with Crippen molar-refractivity contribution in [1.29, 1.82) is 0 Å². The Morgan fingerprint density at radius 1 is 1.05 bits per heavy atom. The molecule has 2 aromatic carbocycles. The van der Waals surface area contributed by atoms with Crippen LogP contribution >= 0.6 is 0 Å². The van der Waals surface area contributed by atoms with Gasteiger partial charge in [0.25, 0.3) is 0 Å². The number of aromatic nitrogens is 2. The minimum absolute atomic E-state index is 0.266. The summed E-state index contributed by atoms with van der Waals surface area (Å²) in [6.07, 6.45) is 3.47. The van der Waals surface area contributed by atoms with Crippen molar-refractivity contribution < 1.29 is 8.78 Å². The molecule has 0 fully saturated rings. The van der Waals surface area contributed by atoms with Crippen LogP contribution in [-0.2, 0) is 6.42 Å². The predicted octanol–water partition coefficient (Wildman–Crippen LogP) is 3.15. The van der Waals surface area contributed by atoms with Crippen LogP contribution in [0.1, 0.15) is 17.2 Å². The quantitative estimate of drug-likeness (QED) is 0.804. The van der Waals surface area contributed by atoms with Gasteiger partial charge in [0.1, 0.15) is 11.6 Å². The van der Waals surface area contributed by atoms with Crippen molar-refractivity contribution in [2.45, 2.75) is 12.5 Å². The minimum Gasteiger partial charge on any atom is -0.324 e. The van der Waals surface area contributed by atoms with Crippen molar-refractivity contribution in [3.05, 3.63) is 71.6 Å². The molecule has 3 nitrogen and oxygen atoms in total. The number of benzene rings is 2. The monoisotopic (exact) mass is 285 g/mol. The maximum atomic E-state index is 13.7. The highest BCUT2D eigenvalue weighted by atomic mass is 19.1. The van der Waals surface area contributed by atoms with Crippen LogP contribution in [0.5, 0.6) is 0 Å². The molecule has 0 amide bonds. The van der Waals surface area contributed by atoms with Gasteiger partial charge in [0, 0.05) is 24.5 Å². The van der Waals surface area contributed by atoms with Gasteiger partial charge in [-0.2, -0.15) is 0 Å². The van der Waals surface area contributed by atoms with Crippen molar-refractivity contribution in [1.82, 2.24) is 9.97 Å². The SMILES string of the molecule is NC(Cc1ccc(F)cc1F)c1cccc2nccnc12. The molecule has 0 radical (unpaired) electrons. The lowest BCUT2D eigenvalue weighted by Crippen LogP contribution is -2.15. The van der Waals surface area contributed by atoms with Gasteiger partial charge in [-0.15, -0.1) is 0 Å². The van der Waals surface area contributed by atoms with E-state index in [-0.39, 0.29) is 6.42 Å². The summed E-state index contributed by atoms with van der Waals surface area (Å²) >= 11 is 0. The van der Waals surface area contributed by atoms with Crippen LogP contribution < -0.4 is 5.73 Å². The first-order valence-corrected chi connectivity index (χ1v) is 6.54. The molecule has 1 atom stereocenters. The third-order valence-corrected chi connectivity index (χ3v) is 3.38. The van der Waals surface area contributed by atoms with Gasteiger partial charge in [0.2, 0.25) is 0 Å². The number of rotatable bonds is 3. The summed E-state index contributed by atoms with van der Waals surface area (Å²) in [5, 5.41) is 0. The van der Waals surface area contributed by atoms with Crippen LogP contribution in [0.4, 0.5) is 8.78 Å². The molecule has 0 bridgehead atoms. The largest absolute Gasteiger partial charge is 0.324 e. The van der Waals surface area contributed by atoms with Crippen molar-refractivity contribution in [2.75, 3.05) is 0 Å². The summed E-state index contributed by atoms with van der Waals surface area (Å²) in [4.78, 5) is 8.50. The van der Waals surface area contributed by atoms with Gasteiger partial charge in [-0.25, -0.2) is 8.78 Å². The Balaban J connectivity index is 1.95. The molecule has 21 heavy (non-hydrogen) atoms. The van der Waals surface area contributed by atoms with E-state index >= 15 is 0 Å². The molecule has 1 aromatic heterocycles. The normalized spacial score (nSPS) is 12.5. The lowest BCUT2D eigenvalue weighted by molar-refractivity contribution is 0.563. The van der Waals surface area contributed by atoms with Crippen LogP contribution in [0.2, 0.25) is 0 Å². The lowest BCUT2D eigenvalue weighted by atomic mass is 9.98. The standard InChI is InChI=1S/C16H13F2N3/c17-11-5-4-10(13(18)9-11)8-14(19)12-2-1-3-15-16(12)21-7-6-20-15/h1-7,9,14H,8,19H2. The molecule has 1 unspecified atom stereocenters. The average Bonchev–Trinajstić information content (AvgIpc) is 2.49. The van der Waals surface area contributed by atoms with Crippen LogP contribution in [0.25, 0.3) is 11.0 Å². The van der Waals surface area contributed by atoms with Crippen LogP contribution in [0.3, 0.4) is 0 Å². The third-order valence-electron chi connectivity index (χ3n) is 3.38. The van der Waals surface area contributed by atoms with Gasteiger partial charge in [-0.3, -0.25) is 9.97 Å². The first-order valence-electron chi connectivity index (χ1n) is 6.54. The summed E-state index contributed by atoms with van der Waals surface area (Å²) in [6, 6.07) is 8.61. The van der Waals surface area contributed by atoms with E-state index in [1.165, 1.54) is 12.1 Å². The van der Waals surface area contributed by atoms with Gasteiger partial charge in [0.15, 0.2) is 0 Å². The van der Waals surface area contributed by atoms with E-state index in [2.05, 4.69) is 9.97 Å². The Labute approximate surface area is 120 Å². The maximum absolute atomic E-state index is 13.7. The van der Waals surface area contributed by atoms with Crippen molar-refractivity contribution in [2.24, 2.45) is 5.73 Å².